The number of rotatable bonds is 14. The molecule has 3 nitrogen and oxygen atoms in total. The van der Waals surface area contributed by atoms with Crippen LogP contribution in [0.4, 0.5) is 0 Å². The first kappa shape index (κ1) is 31.6. The van der Waals surface area contributed by atoms with E-state index in [4.69, 9.17) is 13.9 Å². The van der Waals surface area contributed by atoms with Crippen LogP contribution in [-0.2, 0) is 19.5 Å². The van der Waals surface area contributed by atoms with Gasteiger partial charge in [-0.2, -0.15) is 0 Å². The van der Waals surface area contributed by atoms with Gasteiger partial charge in [-0.25, -0.2) is 0 Å². The van der Waals surface area contributed by atoms with Crippen LogP contribution in [0.1, 0.15) is 43.9 Å². The lowest BCUT2D eigenvalue weighted by atomic mass is 9.80. The average Bonchev–Trinajstić information content (AvgIpc) is 3.07. The standard InChI is InChI=1S/C40H44O3Si/c1-39(2,3)44(37-26-15-7-16-27-37,38-28-17-8-18-29-38)43-33-32-41-30-19-31-42-40(34-20-9-4-10-21-34,35-22-11-5-12-23-35)36-24-13-6-14-25-36/h4-18,20-29H,19,30-33H2,1-3H3. The topological polar surface area (TPSA) is 27.7 Å². The van der Waals surface area contributed by atoms with Gasteiger partial charge in [0.15, 0.2) is 0 Å². The Morgan fingerprint density at radius 3 is 1.23 bits per heavy atom. The predicted octanol–water partition coefficient (Wildman–Crippen LogP) is 7.98. The average molecular weight is 601 g/mol. The third-order valence-corrected chi connectivity index (χ3v) is 13.3. The number of hydrogen-bond donors (Lipinski definition) is 0. The second-order valence-electron chi connectivity index (χ2n) is 12.1. The minimum atomic E-state index is -2.57. The molecule has 0 spiro atoms. The smallest absolute Gasteiger partial charge is 0.261 e. The van der Waals surface area contributed by atoms with Crippen LogP contribution in [0.2, 0.25) is 5.04 Å². The maximum absolute atomic E-state index is 6.98. The van der Waals surface area contributed by atoms with Gasteiger partial charge in [-0.1, -0.05) is 172 Å². The Morgan fingerprint density at radius 1 is 0.455 bits per heavy atom. The van der Waals surface area contributed by atoms with Crippen LogP contribution >= 0.6 is 0 Å². The Bertz CT molecular complexity index is 1380. The Balaban J connectivity index is 1.25. The molecule has 226 valence electrons. The van der Waals surface area contributed by atoms with Crippen molar-refractivity contribution in [1.29, 1.82) is 0 Å². The highest BCUT2D eigenvalue weighted by atomic mass is 28.4. The first-order valence-corrected chi connectivity index (χ1v) is 17.5. The molecule has 0 aromatic heterocycles. The van der Waals surface area contributed by atoms with Gasteiger partial charge in [0.2, 0.25) is 0 Å². The fraction of sp³-hybridized carbons (Fsp3) is 0.250. The summed E-state index contributed by atoms with van der Waals surface area (Å²) in [5.41, 5.74) is 2.61. The van der Waals surface area contributed by atoms with Crippen molar-refractivity contribution in [2.75, 3.05) is 26.4 Å². The monoisotopic (exact) mass is 600 g/mol. The van der Waals surface area contributed by atoms with E-state index in [1.54, 1.807) is 0 Å². The minimum absolute atomic E-state index is 0.0564. The maximum Gasteiger partial charge on any atom is 0.261 e. The summed E-state index contributed by atoms with van der Waals surface area (Å²) < 4.78 is 20.1. The van der Waals surface area contributed by atoms with E-state index in [-0.39, 0.29) is 5.04 Å². The van der Waals surface area contributed by atoms with Gasteiger partial charge < -0.3 is 13.9 Å². The number of benzene rings is 5. The molecular formula is C40H44O3Si. The zero-order valence-corrected chi connectivity index (χ0v) is 27.2. The second-order valence-corrected chi connectivity index (χ2v) is 16.4. The Morgan fingerprint density at radius 2 is 0.841 bits per heavy atom. The second kappa shape index (κ2) is 14.8. The highest BCUT2D eigenvalue weighted by Crippen LogP contribution is 2.40. The Kier molecular flexibility index (Phi) is 10.6. The van der Waals surface area contributed by atoms with E-state index in [9.17, 15) is 0 Å². The lowest BCUT2D eigenvalue weighted by Crippen LogP contribution is -2.66. The van der Waals surface area contributed by atoms with E-state index >= 15 is 0 Å². The van der Waals surface area contributed by atoms with E-state index in [0.717, 1.165) is 23.1 Å². The summed E-state index contributed by atoms with van der Waals surface area (Å²) in [4.78, 5) is 0. The van der Waals surface area contributed by atoms with Crippen molar-refractivity contribution >= 4 is 18.7 Å². The SMILES string of the molecule is CC(C)(C)[Si](OCCOCCCOC(c1ccccc1)(c1ccccc1)c1ccccc1)(c1ccccc1)c1ccccc1. The highest BCUT2D eigenvalue weighted by molar-refractivity contribution is 6.99. The molecule has 5 rings (SSSR count). The summed E-state index contributed by atoms with van der Waals surface area (Å²) in [6.07, 6.45) is 0.771. The van der Waals surface area contributed by atoms with E-state index in [0.29, 0.717) is 26.4 Å². The summed E-state index contributed by atoms with van der Waals surface area (Å²) in [5, 5.41) is 2.51. The summed E-state index contributed by atoms with van der Waals surface area (Å²) in [6.45, 7) is 9.12. The first-order chi connectivity index (χ1) is 21.5. The van der Waals surface area contributed by atoms with E-state index in [1.165, 1.54) is 10.4 Å². The molecule has 0 amide bonds. The van der Waals surface area contributed by atoms with Gasteiger partial charge in [0, 0.05) is 6.61 Å². The summed E-state index contributed by atoms with van der Waals surface area (Å²) in [7, 11) is -2.57. The number of ether oxygens (including phenoxy) is 2. The van der Waals surface area contributed by atoms with Crippen molar-refractivity contribution in [3.05, 3.63) is 168 Å². The molecule has 0 saturated carbocycles. The van der Waals surface area contributed by atoms with Gasteiger partial charge >= 0.3 is 0 Å². The maximum atomic E-state index is 6.98. The molecule has 0 aliphatic heterocycles. The van der Waals surface area contributed by atoms with Crippen LogP contribution in [0.15, 0.2) is 152 Å². The molecule has 0 atom stereocenters. The van der Waals surface area contributed by atoms with Gasteiger partial charge in [-0.05, 0) is 38.5 Å². The molecule has 0 radical (unpaired) electrons. The van der Waals surface area contributed by atoms with Gasteiger partial charge in [0.05, 0.1) is 19.8 Å². The predicted molar refractivity (Wildman–Crippen MR) is 184 cm³/mol. The Hall–Kier alpha value is -3.80. The summed E-state index contributed by atoms with van der Waals surface area (Å²) in [5.74, 6) is 0. The zero-order chi connectivity index (χ0) is 30.7. The fourth-order valence-corrected chi connectivity index (χ4v) is 10.8. The minimum Gasteiger partial charge on any atom is -0.405 e. The van der Waals surface area contributed by atoms with Gasteiger partial charge in [-0.15, -0.1) is 0 Å². The van der Waals surface area contributed by atoms with Crippen LogP contribution in [0.5, 0.6) is 0 Å². The molecule has 5 aromatic rings. The molecule has 0 unspecified atom stereocenters. The van der Waals surface area contributed by atoms with Gasteiger partial charge in [0.25, 0.3) is 8.32 Å². The van der Waals surface area contributed by atoms with Crippen molar-refractivity contribution in [3.63, 3.8) is 0 Å². The van der Waals surface area contributed by atoms with Crippen molar-refractivity contribution in [1.82, 2.24) is 0 Å². The highest BCUT2D eigenvalue weighted by Gasteiger charge is 2.50. The van der Waals surface area contributed by atoms with E-state index < -0.39 is 13.9 Å². The molecule has 0 N–H and O–H groups in total. The van der Waals surface area contributed by atoms with Crippen molar-refractivity contribution in [2.45, 2.75) is 37.8 Å². The van der Waals surface area contributed by atoms with Crippen LogP contribution in [0, 0.1) is 0 Å². The molecule has 4 heteroatoms. The summed E-state index contributed by atoms with van der Waals surface area (Å²) in [6, 6.07) is 53.0. The normalized spacial score (nSPS) is 12.2. The van der Waals surface area contributed by atoms with Crippen LogP contribution in [-0.4, -0.2) is 34.7 Å². The van der Waals surface area contributed by atoms with Crippen molar-refractivity contribution < 1.29 is 13.9 Å². The van der Waals surface area contributed by atoms with Crippen LogP contribution in [0.25, 0.3) is 0 Å². The van der Waals surface area contributed by atoms with E-state index in [1.807, 2.05) is 18.2 Å². The van der Waals surface area contributed by atoms with E-state index in [2.05, 4.69) is 154 Å². The first-order valence-electron chi connectivity index (χ1n) is 15.6. The zero-order valence-electron chi connectivity index (χ0n) is 26.2. The molecule has 0 saturated heterocycles. The largest absolute Gasteiger partial charge is 0.405 e. The van der Waals surface area contributed by atoms with Gasteiger partial charge in [-0.3, -0.25) is 0 Å². The molecular weight excluding hydrogens is 557 g/mol. The lowest BCUT2D eigenvalue weighted by Gasteiger charge is -2.43. The molecule has 0 aliphatic rings. The third-order valence-electron chi connectivity index (χ3n) is 8.26. The van der Waals surface area contributed by atoms with Crippen molar-refractivity contribution in [3.8, 4) is 0 Å². The molecule has 0 bridgehead atoms. The van der Waals surface area contributed by atoms with Crippen molar-refractivity contribution in [2.24, 2.45) is 0 Å². The Labute approximate surface area is 264 Å². The lowest BCUT2D eigenvalue weighted by molar-refractivity contribution is -0.00258. The molecule has 0 aliphatic carbocycles. The van der Waals surface area contributed by atoms with Crippen LogP contribution in [0.3, 0.4) is 0 Å². The quantitative estimate of drug-likeness (QED) is 0.0735. The van der Waals surface area contributed by atoms with Crippen LogP contribution < -0.4 is 10.4 Å². The molecule has 5 aromatic carbocycles. The molecule has 0 fully saturated rings. The van der Waals surface area contributed by atoms with Gasteiger partial charge in [0.1, 0.15) is 5.60 Å². The number of hydrogen-bond acceptors (Lipinski definition) is 3. The molecule has 0 heterocycles. The third kappa shape index (κ3) is 6.79. The fourth-order valence-electron chi connectivity index (χ4n) is 6.27. The molecule has 44 heavy (non-hydrogen) atoms. The summed E-state index contributed by atoms with van der Waals surface area (Å²) >= 11 is 0.